The minimum atomic E-state index is -3.59. The van der Waals surface area contributed by atoms with Crippen LogP contribution < -0.4 is 0 Å². The molecule has 0 unspecified atom stereocenters. The molecule has 0 saturated heterocycles. The van der Waals surface area contributed by atoms with Crippen LogP contribution in [0.2, 0.25) is 0 Å². The van der Waals surface area contributed by atoms with Gasteiger partial charge in [0.1, 0.15) is 0 Å². The Morgan fingerprint density at radius 2 is 1.81 bits per heavy atom. The lowest BCUT2D eigenvalue weighted by Crippen LogP contribution is -2.13. The van der Waals surface area contributed by atoms with Gasteiger partial charge in [-0.3, -0.25) is 0 Å². The number of methoxy groups -OCH3 is 1. The molecular weight excluding hydrogens is 352 g/mol. The van der Waals surface area contributed by atoms with Crippen molar-refractivity contribution in [1.82, 2.24) is 0 Å². The van der Waals surface area contributed by atoms with E-state index in [1.165, 1.54) is 7.11 Å². The van der Waals surface area contributed by atoms with Gasteiger partial charge in [0.2, 0.25) is 0 Å². The minimum absolute atomic E-state index is 0.215. The summed E-state index contributed by atoms with van der Waals surface area (Å²) in [6.07, 6.45) is 3.12. The zero-order valence-electron chi connectivity index (χ0n) is 14.4. The summed E-state index contributed by atoms with van der Waals surface area (Å²) in [4.78, 5) is 12.6. The van der Waals surface area contributed by atoms with E-state index in [1.54, 1.807) is 68.0 Å². The standard InChI is InChI=1S/C20H18O5S/c1-14-18(15-10-11-25-12-15)9-8-16(19(14)20(21)24-2)13-26(22,23)17-6-4-3-5-7-17/h3-12H,13H2,1-2H3. The van der Waals surface area contributed by atoms with Crippen LogP contribution in [-0.2, 0) is 20.3 Å². The molecule has 2 aromatic carbocycles. The molecule has 6 heteroatoms. The fourth-order valence-electron chi connectivity index (χ4n) is 2.92. The summed E-state index contributed by atoms with van der Waals surface area (Å²) in [5, 5.41) is 0. The second kappa shape index (κ2) is 7.17. The molecule has 0 radical (unpaired) electrons. The number of hydrogen-bond acceptors (Lipinski definition) is 5. The van der Waals surface area contributed by atoms with Gasteiger partial charge in [0.25, 0.3) is 0 Å². The van der Waals surface area contributed by atoms with Crippen LogP contribution in [0.1, 0.15) is 21.5 Å². The van der Waals surface area contributed by atoms with E-state index in [2.05, 4.69) is 0 Å². The molecule has 0 aliphatic rings. The van der Waals surface area contributed by atoms with Gasteiger partial charge < -0.3 is 9.15 Å². The maximum Gasteiger partial charge on any atom is 0.338 e. The first kappa shape index (κ1) is 17.9. The Morgan fingerprint density at radius 1 is 1.08 bits per heavy atom. The zero-order chi connectivity index (χ0) is 18.7. The van der Waals surface area contributed by atoms with Crippen LogP contribution in [-0.4, -0.2) is 21.5 Å². The van der Waals surface area contributed by atoms with Crippen molar-refractivity contribution in [2.24, 2.45) is 0 Å². The number of carbonyl (C=O) groups excluding carboxylic acids is 1. The Balaban J connectivity index is 2.10. The molecule has 3 aromatic rings. The number of furan rings is 1. The molecule has 26 heavy (non-hydrogen) atoms. The number of carbonyl (C=O) groups is 1. The third-order valence-corrected chi connectivity index (χ3v) is 5.90. The molecule has 0 bridgehead atoms. The van der Waals surface area contributed by atoms with Crippen molar-refractivity contribution in [2.75, 3.05) is 7.11 Å². The summed E-state index contributed by atoms with van der Waals surface area (Å²) < 4.78 is 35.4. The first-order valence-corrected chi connectivity index (χ1v) is 9.60. The van der Waals surface area contributed by atoms with E-state index in [0.29, 0.717) is 11.1 Å². The van der Waals surface area contributed by atoms with Crippen LogP contribution in [0.25, 0.3) is 11.1 Å². The average molecular weight is 370 g/mol. The van der Waals surface area contributed by atoms with Crippen LogP contribution in [0.3, 0.4) is 0 Å². The average Bonchev–Trinajstić information content (AvgIpc) is 3.16. The highest BCUT2D eigenvalue weighted by Gasteiger charge is 2.23. The lowest BCUT2D eigenvalue weighted by atomic mass is 9.94. The van der Waals surface area contributed by atoms with Crippen molar-refractivity contribution in [3.8, 4) is 11.1 Å². The summed E-state index contributed by atoms with van der Waals surface area (Å²) >= 11 is 0. The van der Waals surface area contributed by atoms with E-state index in [9.17, 15) is 13.2 Å². The van der Waals surface area contributed by atoms with Crippen molar-refractivity contribution in [2.45, 2.75) is 17.6 Å². The topological polar surface area (TPSA) is 73.6 Å². The van der Waals surface area contributed by atoms with Crippen molar-refractivity contribution < 1.29 is 22.4 Å². The molecule has 0 spiro atoms. The van der Waals surface area contributed by atoms with Gasteiger partial charge in [-0.05, 0) is 41.8 Å². The second-order valence-electron chi connectivity index (χ2n) is 5.85. The molecule has 0 aliphatic heterocycles. The monoisotopic (exact) mass is 370 g/mol. The highest BCUT2D eigenvalue weighted by atomic mass is 32.2. The van der Waals surface area contributed by atoms with Crippen LogP contribution >= 0.6 is 0 Å². The summed E-state index contributed by atoms with van der Waals surface area (Å²) in [6.45, 7) is 1.77. The Bertz CT molecular complexity index is 1020. The molecule has 5 nitrogen and oxygen atoms in total. The lowest BCUT2D eigenvalue weighted by Gasteiger charge is -2.14. The largest absolute Gasteiger partial charge is 0.472 e. The van der Waals surface area contributed by atoms with Gasteiger partial charge in [0.05, 0.1) is 35.8 Å². The number of esters is 1. The number of sulfone groups is 1. The Kier molecular flexibility index (Phi) is 4.95. The van der Waals surface area contributed by atoms with Crippen molar-refractivity contribution in [3.63, 3.8) is 0 Å². The minimum Gasteiger partial charge on any atom is -0.472 e. The third kappa shape index (κ3) is 3.41. The van der Waals surface area contributed by atoms with Gasteiger partial charge in [0, 0.05) is 5.56 Å². The predicted octanol–water partition coefficient (Wildman–Crippen LogP) is 4.02. The first-order chi connectivity index (χ1) is 12.4. The highest BCUT2D eigenvalue weighted by Crippen LogP contribution is 2.30. The molecule has 3 rings (SSSR count). The van der Waals surface area contributed by atoms with Gasteiger partial charge in [-0.2, -0.15) is 0 Å². The van der Waals surface area contributed by atoms with Gasteiger partial charge in [0.15, 0.2) is 9.84 Å². The molecule has 1 aromatic heterocycles. The van der Waals surface area contributed by atoms with Gasteiger partial charge >= 0.3 is 5.97 Å². The van der Waals surface area contributed by atoms with Crippen LogP contribution in [0.5, 0.6) is 0 Å². The molecule has 0 aliphatic carbocycles. The second-order valence-corrected chi connectivity index (χ2v) is 7.84. The number of benzene rings is 2. The molecule has 0 N–H and O–H groups in total. The fraction of sp³-hybridized carbons (Fsp3) is 0.150. The molecule has 0 fully saturated rings. The quantitative estimate of drug-likeness (QED) is 0.634. The Morgan fingerprint density at radius 3 is 2.42 bits per heavy atom. The molecule has 1 heterocycles. The van der Waals surface area contributed by atoms with E-state index in [4.69, 9.17) is 9.15 Å². The molecular formula is C20H18O5S. The van der Waals surface area contributed by atoms with Gasteiger partial charge in [-0.25, -0.2) is 13.2 Å². The van der Waals surface area contributed by atoms with E-state index >= 15 is 0 Å². The summed E-state index contributed by atoms with van der Waals surface area (Å²) in [7, 11) is -2.31. The summed E-state index contributed by atoms with van der Waals surface area (Å²) in [6, 6.07) is 13.4. The van der Waals surface area contributed by atoms with E-state index in [1.807, 2.05) is 0 Å². The molecule has 0 atom stereocenters. The summed E-state index contributed by atoms with van der Waals surface area (Å²) in [5.41, 5.74) is 2.93. The van der Waals surface area contributed by atoms with Crippen molar-refractivity contribution >= 4 is 15.8 Å². The molecule has 134 valence electrons. The van der Waals surface area contributed by atoms with Crippen LogP contribution in [0.15, 0.2) is 70.4 Å². The number of rotatable bonds is 5. The Hall–Kier alpha value is -2.86. The summed E-state index contributed by atoms with van der Waals surface area (Å²) in [5.74, 6) is -0.848. The van der Waals surface area contributed by atoms with E-state index in [0.717, 1.165) is 11.1 Å². The maximum atomic E-state index is 12.7. The maximum absolute atomic E-state index is 12.7. The molecule has 0 amide bonds. The normalized spacial score (nSPS) is 11.3. The number of hydrogen-bond donors (Lipinski definition) is 0. The zero-order valence-corrected chi connectivity index (χ0v) is 15.2. The van der Waals surface area contributed by atoms with Crippen LogP contribution in [0, 0.1) is 6.92 Å². The van der Waals surface area contributed by atoms with Crippen molar-refractivity contribution in [1.29, 1.82) is 0 Å². The molecule has 0 saturated carbocycles. The third-order valence-electron chi connectivity index (χ3n) is 4.22. The van der Waals surface area contributed by atoms with Crippen LogP contribution in [0.4, 0.5) is 0 Å². The van der Waals surface area contributed by atoms with E-state index in [-0.39, 0.29) is 16.2 Å². The SMILES string of the molecule is COC(=O)c1c(CS(=O)(=O)c2ccccc2)ccc(-c2ccoc2)c1C. The number of ether oxygens (including phenoxy) is 1. The van der Waals surface area contributed by atoms with Gasteiger partial charge in [-0.15, -0.1) is 0 Å². The lowest BCUT2D eigenvalue weighted by molar-refractivity contribution is 0.0599. The smallest absolute Gasteiger partial charge is 0.338 e. The Labute approximate surface area is 152 Å². The first-order valence-electron chi connectivity index (χ1n) is 7.95. The van der Waals surface area contributed by atoms with Gasteiger partial charge in [-0.1, -0.05) is 30.3 Å². The predicted molar refractivity (Wildman–Crippen MR) is 97.6 cm³/mol. The van der Waals surface area contributed by atoms with E-state index < -0.39 is 15.8 Å². The van der Waals surface area contributed by atoms with Crippen molar-refractivity contribution in [3.05, 3.63) is 77.7 Å². The fourth-order valence-corrected chi connectivity index (χ4v) is 4.31. The highest BCUT2D eigenvalue weighted by molar-refractivity contribution is 7.90.